The van der Waals surface area contributed by atoms with E-state index in [-0.39, 0.29) is 0 Å². The van der Waals surface area contributed by atoms with Crippen molar-refractivity contribution in [1.82, 2.24) is 19.5 Å². The van der Waals surface area contributed by atoms with Gasteiger partial charge in [-0.05, 0) is 75.5 Å². The fourth-order valence-electron chi connectivity index (χ4n) is 9.92. The Kier molecular flexibility index (Phi) is 7.02. The second-order valence-corrected chi connectivity index (χ2v) is 16.3. The van der Waals surface area contributed by atoms with Crippen molar-refractivity contribution < 1.29 is 8.83 Å². The van der Waals surface area contributed by atoms with Crippen LogP contribution in [0.4, 0.5) is 0 Å². The van der Waals surface area contributed by atoms with E-state index in [1.807, 2.05) is 24.3 Å². The van der Waals surface area contributed by atoms with Crippen molar-refractivity contribution in [2.75, 3.05) is 0 Å². The molecule has 14 rings (SSSR count). The van der Waals surface area contributed by atoms with Crippen LogP contribution < -0.4 is 0 Å². The molecule has 0 bridgehead atoms. The van der Waals surface area contributed by atoms with Gasteiger partial charge < -0.3 is 13.4 Å². The van der Waals surface area contributed by atoms with Gasteiger partial charge in [0.2, 0.25) is 0 Å². The Balaban J connectivity index is 1.11. The Bertz CT molecular complexity index is 4230. The molecule has 0 N–H and O–H groups in total. The molecule has 10 aromatic carbocycles. The fraction of sp³-hybridized carbons (Fsp3) is 0. The highest BCUT2D eigenvalue weighted by atomic mass is 16.3. The van der Waals surface area contributed by atoms with Gasteiger partial charge in [-0.15, -0.1) is 0 Å². The van der Waals surface area contributed by atoms with E-state index < -0.39 is 0 Å². The molecule has 6 nitrogen and oxygen atoms in total. The normalized spacial score (nSPS) is 12.1. The lowest BCUT2D eigenvalue weighted by Gasteiger charge is -2.14. The number of para-hydroxylation sites is 3. The first-order valence-electron chi connectivity index (χ1n) is 21.2. The zero-order valence-corrected chi connectivity index (χ0v) is 33.6. The summed E-state index contributed by atoms with van der Waals surface area (Å²) in [7, 11) is 0. The van der Waals surface area contributed by atoms with Crippen LogP contribution >= 0.6 is 0 Å². The van der Waals surface area contributed by atoms with Crippen LogP contribution in [0.25, 0.3) is 138 Å². The Morgan fingerprint density at radius 2 is 0.937 bits per heavy atom. The van der Waals surface area contributed by atoms with Gasteiger partial charge in [0.25, 0.3) is 0 Å². The molecule has 0 radical (unpaired) electrons. The van der Waals surface area contributed by atoms with Gasteiger partial charge in [-0.25, -0.2) is 15.0 Å². The first kappa shape index (κ1) is 34.1. The van der Waals surface area contributed by atoms with Crippen LogP contribution in [0.1, 0.15) is 0 Å². The van der Waals surface area contributed by atoms with Gasteiger partial charge in [0.15, 0.2) is 17.5 Å². The molecule has 0 fully saturated rings. The fourth-order valence-corrected chi connectivity index (χ4v) is 9.92. The molecule has 0 aliphatic rings. The highest BCUT2D eigenvalue weighted by molar-refractivity contribution is 6.20. The number of rotatable bonds is 4. The second-order valence-electron chi connectivity index (χ2n) is 16.3. The summed E-state index contributed by atoms with van der Waals surface area (Å²) < 4.78 is 16.0. The van der Waals surface area contributed by atoms with Crippen LogP contribution in [0.5, 0.6) is 0 Å². The Labute approximate surface area is 358 Å². The molecule has 63 heavy (non-hydrogen) atoms. The van der Waals surface area contributed by atoms with Crippen molar-refractivity contribution in [2.24, 2.45) is 0 Å². The Hall–Kier alpha value is -8.61. The molecule has 0 saturated heterocycles. The number of hydrogen-bond donors (Lipinski definition) is 0. The van der Waals surface area contributed by atoms with Crippen molar-refractivity contribution in [1.29, 1.82) is 0 Å². The van der Waals surface area contributed by atoms with Crippen LogP contribution in [-0.4, -0.2) is 19.5 Å². The van der Waals surface area contributed by atoms with E-state index in [0.717, 1.165) is 98.8 Å². The third-order valence-corrected chi connectivity index (χ3v) is 12.8. The molecule has 4 aromatic heterocycles. The average Bonchev–Trinajstić information content (AvgIpc) is 4.02. The topological polar surface area (TPSA) is 69.9 Å². The molecule has 0 aliphatic heterocycles. The zero-order valence-electron chi connectivity index (χ0n) is 33.6. The quantitative estimate of drug-likeness (QED) is 0.177. The highest BCUT2D eigenvalue weighted by Crippen LogP contribution is 2.44. The van der Waals surface area contributed by atoms with Crippen LogP contribution in [0.2, 0.25) is 0 Å². The molecule has 0 amide bonds. The minimum atomic E-state index is 0.521. The predicted molar refractivity (Wildman–Crippen MR) is 258 cm³/mol. The summed E-state index contributed by atoms with van der Waals surface area (Å²) in [5, 5.41) is 13.2. The number of furan rings is 2. The van der Waals surface area contributed by atoms with E-state index in [9.17, 15) is 0 Å². The maximum atomic E-state index is 7.04. The van der Waals surface area contributed by atoms with E-state index in [4.69, 9.17) is 23.8 Å². The summed E-state index contributed by atoms with van der Waals surface area (Å²) in [4.78, 5) is 16.0. The minimum Gasteiger partial charge on any atom is -0.455 e. The van der Waals surface area contributed by atoms with Crippen molar-refractivity contribution in [3.8, 4) is 39.9 Å². The molecule has 14 aromatic rings. The molecule has 0 unspecified atom stereocenters. The third-order valence-electron chi connectivity index (χ3n) is 12.8. The van der Waals surface area contributed by atoms with Crippen LogP contribution in [-0.2, 0) is 0 Å². The summed E-state index contributed by atoms with van der Waals surface area (Å²) in [6.07, 6.45) is 0. The van der Waals surface area contributed by atoms with Crippen molar-refractivity contribution in [3.05, 3.63) is 194 Å². The SMILES string of the molecule is c1ccc2cc3c(cc2c1)c1ccccc1n3-c1cc(-c2nc(-c3cccc4ccccc34)nc(-c3cccc4c3oc3ccccc34)n2)cc2oc3c4ccccc4ccc3c12. The van der Waals surface area contributed by atoms with Gasteiger partial charge in [-0.1, -0.05) is 146 Å². The van der Waals surface area contributed by atoms with Crippen molar-refractivity contribution >= 4 is 98.0 Å². The lowest BCUT2D eigenvalue weighted by Crippen LogP contribution is -2.02. The lowest BCUT2D eigenvalue weighted by atomic mass is 10.0. The standard InChI is InChI=1S/C57H32N4O2/c1-2-16-36-30-48-46(29-35(36)15-1)40-20-7-9-25-47(40)61(48)49-31-37(32-51-52(49)44-28-27-34-14-4-6-19-39(34)53(44)63-51)55-58-56(43-23-11-17-33-13-3-5-18-38(33)43)60-57(59-55)45-24-12-22-42-41-21-8-10-26-50(41)62-54(42)45/h1-32H. The summed E-state index contributed by atoms with van der Waals surface area (Å²) in [5.74, 6) is 1.62. The first-order chi connectivity index (χ1) is 31.2. The Morgan fingerprint density at radius 1 is 0.333 bits per heavy atom. The molecular weight excluding hydrogens is 773 g/mol. The molecular formula is C57H32N4O2. The molecule has 0 spiro atoms. The second kappa shape index (κ2) is 12.9. The van der Waals surface area contributed by atoms with E-state index in [1.54, 1.807) is 0 Å². The monoisotopic (exact) mass is 804 g/mol. The number of benzene rings is 10. The van der Waals surface area contributed by atoms with Crippen molar-refractivity contribution in [2.45, 2.75) is 0 Å². The maximum Gasteiger partial charge on any atom is 0.167 e. The van der Waals surface area contributed by atoms with Crippen LogP contribution in [0.3, 0.4) is 0 Å². The summed E-state index contributed by atoms with van der Waals surface area (Å²) in [6.45, 7) is 0. The highest BCUT2D eigenvalue weighted by Gasteiger charge is 2.24. The maximum absolute atomic E-state index is 7.04. The average molecular weight is 805 g/mol. The summed E-state index contributed by atoms with van der Waals surface area (Å²) >= 11 is 0. The Morgan fingerprint density at radius 3 is 1.79 bits per heavy atom. The summed E-state index contributed by atoms with van der Waals surface area (Å²) in [5.41, 5.74) is 8.83. The van der Waals surface area contributed by atoms with Crippen molar-refractivity contribution in [3.63, 3.8) is 0 Å². The van der Waals surface area contributed by atoms with Gasteiger partial charge >= 0.3 is 0 Å². The van der Waals surface area contributed by atoms with Crippen LogP contribution in [0, 0.1) is 0 Å². The van der Waals surface area contributed by atoms with E-state index in [0.29, 0.717) is 17.5 Å². The number of nitrogens with zero attached hydrogens (tertiary/aromatic N) is 4. The lowest BCUT2D eigenvalue weighted by molar-refractivity contribution is 0.669. The van der Waals surface area contributed by atoms with Gasteiger partial charge in [0, 0.05) is 43.4 Å². The van der Waals surface area contributed by atoms with E-state index in [1.165, 1.54) is 21.5 Å². The zero-order chi connectivity index (χ0) is 41.2. The molecule has 0 saturated carbocycles. The van der Waals surface area contributed by atoms with Gasteiger partial charge in [-0.3, -0.25) is 0 Å². The molecule has 4 heterocycles. The third kappa shape index (κ3) is 5.03. The summed E-state index contributed by atoms with van der Waals surface area (Å²) in [6, 6.07) is 68.0. The predicted octanol–water partition coefficient (Wildman–Crippen LogP) is 15.2. The minimum absolute atomic E-state index is 0.521. The van der Waals surface area contributed by atoms with Gasteiger partial charge in [-0.2, -0.15) is 0 Å². The number of fused-ring (bicyclic) bond motifs is 13. The molecule has 6 heteroatoms. The molecule has 0 aliphatic carbocycles. The van der Waals surface area contributed by atoms with Gasteiger partial charge in [0.1, 0.15) is 22.3 Å². The number of aromatic nitrogens is 4. The first-order valence-corrected chi connectivity index (χ1v) is 21.2. The van der Waals surface area contributed by atoms with E-state index >= 15 is 0 Å². The smallest absolute Gasteiger partial charge is 0.167 e. The van der Waals surface area contributed by atoms with Gasteiger partial charge in [0.05, 0.1) is 27.7 Å². The molecule has 0 atom stereocenters. The largest absolute Gasteiger partial charge is 0.455 e. The number of hydrogen-bond acceptors (Lipinski definition) is 5. The van der Waals surface area contributed by atoms with Crippen LogP contribution in [0.15, 0.2) is 203 Å². The molecule has 292 valence electrons. The van der Waals surface area contributed by atoms with E-state index in [2.05, 4.69) is 174 Å².